The molecule has 0 aromatic heterocycles. The minimum Gasteiger partial charge on any atom is -0.494 e. The van der Waals surface area contributed by atoms with E-state index in [-0.39, 0.29) is 0 Å². The first-order valence-electron chi connectivity index (χ1n) is 5.72. The summed E-state index contributed by atoms with van der Waals surface area (Å²) in [6, 6.07) is 7.63. The lowest BCUT2D eigenvalue weighted by Gasteiger charge is -2.08. The molecule has 1 rings (SSSR count). The van der Waals surface area contributed by atoms with Gasteiger partial charge in [-0.05, 0) is 42.5 Å². The van der Waals surface area contributed by atoms with Gasteiger partial charge in [0.05, 0.1) is 12.7 Å². The number of hydrogen-bond donors (Lipinski definition) is 1. The van der Waals surface area contributed by atoms with Crippen LogP contribution in [0, 0.1) is 0 Å². The van der Waals surface area contributed by atoms with Gasteiger partial charge in [0.1, 0.15) is 5.75 Å². The molecule has 0 bridgehead atoms. The third-order valence-corrected chi connectivity index (χ3v) is 3.25. The Balaban J connectivity index is 2.27. The summed E-state index contributed by atoms with van der Waals surface area (Å²) in [5.41, 5.74) is 0.925. The summed E-state index contributed by atoms with van der Waals surface area (Å²) in [6.45, 7) is 4.69. The number of ether oxygens (including phenoxy) is 1. The highest BCUT2D eigenvalue weighted by Gasteiger charge is 2.00. The molecule has 1 N–H and O–H groups in total. The molecule has 1 aromatic carbocycles. The molecule has 3 heteroatoms. The van der Waals surface area contributed by atoms with Crippen LogP contribution in [-0.2, 0) is 0 Å². The van der Waals surface area contributed by atoms with E-state index in [4.69, 9.17) is 4.74 Å². The summed E-state index contributed by atoms with van der Waals surface area (Å²) in [6.07, 6.45) is 0.673. The van der Waals surface area contributed by atoms with Gasteiger partial charge in [0.2, 0.25) is 0 Å². The van der Waals surface area contributed by atoms with Crippen LogP contribution in [0.2, 0.25) is 0 Å². The minimum absolute atomic E-state index is 0.407. The Hall–Kier alpha value is -0.670. The van der Waals surface area contributed by atoms with Gasteiger partial charge in [-0.3, -0.25) is 0 Å². The van der Waals surface area contributed by atoms with Crippen molar-refractivity contribution >= 4 is 11.8 Å². The van der Waals surface area contributed by atoms with Crippen LogP contribution in [0.5, 0.6) is 5.75 Å². The monoisotopic (exact) mass is 240 g/mol. The smallest absolute Gasteiger partial charge is 0.119 e. The van der Waals surface area contributed by atoms with Gasteiger partial charge in [0.15, 0.2) is 0 Å². The normalized spacial score (nSPS) is 12.4. The van der Waals surface area contributed by atoms with Gasteiger partial charge in [-0.25, -0.2) is 0 Å². The number of hydrogen-bond acceptors (Lipinski definition) is 3. The largest absolute Gasteiger partial charge is 0.494 e. The maximum absolute atomic E-state index is 9.34. The van der Waals surface area contributed by atoms with Crippen molar-refractivity contribution < 1.29 is 9.84 Å². The van der Waals surface area contributed by atoms with Gasteiger partial charge in [-0.15, -0.1) is 0 Å². The van der Waals surface area contributed by atoms with Crippen molar-refractivity contribution in [1.29, 1.82) is 0 Å². The Kier molecular flexibility index (Phi) is 6.34. The molecule has 0 spiro atoms. The van der Waals surface area contributed by atoms with E-state index in [1.54, 1.807) is 6.92 Å². The van der Waals surface area contributed by atoms with Gasteiger partial charge >= 0.3 is 0 Å². The zero-order chi connectivity index (χ0) is 11.8. The maximum atomic E-state index is 9.34. The third-order valence-electron chi connectivity index (χ3n) is 2.27. The van der Waals surface area contributed by atoms with Crippen molar-refractivity contribution in [2.45, 2.75) is 26.4 Å². The lowest BCUT2D eigenvalue weighted by atomic mass is 10.1. The number of benzene rings is 1. The maximum Gasteiger partial charge on any atom is 0.119 e. The van der Waals surface area contributed by atoms with Gasteiger partial charge in [-0.2, -0.15) is 11.8 Å². The molecule has 2 nitrogen and oxygen atoms in total. The zero-order valence-electron chi connectivity index (χ0n) is 9.98. The Morgan fingerprint density at radius 1 is 1.31 bits per heavy atom. The lowest BCUT2D eigenvalue weighted by Crippen LogP contribution is -1.99. The highest BCUT2D eigenvalue weighted by Crippen LogP contribution is 2.17. The molecule has 0 saturated carbocycles. The average molecular weight is 240 g/mol. The van der Waals surface area contributed by atoms with E-state index in [9.17, 15) is 5.11 Å². The lowest BCUT2D eigenvalue weighted by molar-refractivity contribution is 0.199. The van der Waals surface area contributed by atoms with Gasteiger partial charge < -0.3 is 9.84 Å². The molecule has 0 radical (unpaired) electrons. The van der Waals surface area contributed by atoms with Crippen LogP contribution in [0.4, 0.5) is 0 Å². The van der Waals surface area contributed by atoms with Crippen LogP contribution in [-0.4, -0.2) is 23.2 Å². The molecule has 0 saturated heterocycles. The second kappa shape index (κ2) is 7.58. The molecule has 16 heavy (non-hydrogen) atoms. The SMILES string of the molecule is CCSCCCOc1ccc(C(C)O)cc1. The van der Waals surface area contributed by atoms with Crippen molar-refractivity contribution in [2.24, 2.45) is 0 Å². The highest BCUT2D eigenvalue weighted by molar-refractivity contribution is 7.99. The van der Waals surface area contributed by atoms with Crippen molar-refractivity contribution in [1.82, 2.24) is 0 Å². The highest BCUT2D eigenvalue weighted by atomic mass is 32.2. The van der Waals surface area contributed by atoms with Crippen molar-refractivity contribution in [2.75, 3.05) is 18.1 Å². The number of aliphatic hydroxyl groups excluding tert-OH is 1. The predicted octanol–water partition coefficient (Wildman–Crippen LogP) is 3.26. The average Bonchev–Trinajstić information content (AvgIpc) is 2.29. The number of thioether (sulfide) groups is 1. The minimum atomic E-state index is -0.407. The standard InChI is InChI=1S/C13H20O2S/c1-3-16-10-4-9-15-13-7-5-12(6-8-13)11(2)14/h5-8,11,14H,3-4,9-10H2,1-2H3. The van der Waals surface area contributed by atoms with E-state index < -0.39 is 6.10 Å². The van der Waals surface area contributed by atoms with Crippen molar-refractivity contribution in [3.05, 3.63) is 29.8 Å². The van der Waals surface area contributed by atoms with Gasteiger partial charge in [0, 0.05) is 0 Å². The van der Waals surface area contributed by atoms with E-state index in [0.29, 0.717) is 0 Å². The molecule has 1 unspecified atom stereocenters. The van der Waals surface area contributed by atoms with E-state index in [1.165, 1.54) is 5.75 Å². The molecule has 1 aromatic rings. The topological polar surface area (TPSA) is 29.5 Å². The first-order valence-corrected chi connectivity index (χ1v) is 6.88. The second-order valence-corrected chi connectivity index (χ2v) is 5.04. The summed E-state index contributed by atoms with van der Waals surface area (Å²) in [7, 11) is 0. The first kappa shape index (κ1) is 13.4. The molecule has 0 aliphatic rings. The van der Waals surface area contributed by atoms with Crippen LogP contribution < -0.4 is 4.74 Å². The van der Waals surface area contributed by atoms with Crippen LogP contribution in [0.3, 0.4) is 0 Å². The van der Waals surface area contributed by atoms with Crippen LogP contribution >= 0.6 is 11.8 Å². The van der Waals surface area contributed by atoms with E-state index in [0.717, 1.165) is 30.1 Å². The summed E-state index contributed by atoms with van der Waals surface area (Å²) in [5.74, 6) is 3.21. The van der Waals surface area contributed by atoms with Gasteiger partial charge in [-0.1, -0.05) is 19.1 Å². The molecule has 0 aliphatic heterocycles. The molecule has 0 heterocycles. The fourth-order valence-electron chi connectivity index (χ4n) is 1.34. The Morgan fingerprint density at radius 2 is 2.00 bits per heavy atom. The molecule has 1 atom stereocenters. The fourth-order valence-corrected chi connectivity index (χ4v) is 1.95. The molecular formula is C13H20O2S. The molecule has 90 valence electrons. The zero-order valence-corrected chi connectivity index (χ0v) is 10.8. The molecule has 0 amide bonds. The van der Waals surface area contributed by atoms with Crippen LogP contribution in [0.1, 0.15) is 31.9 Å². The number of aliphatic hydroxyl groups is 1. The first-order chi connectivity index (χ1) is 7.74. The molecule has 0 fully saturated rings. The van der Waals surface area contributed by atoms with Crippen molar-refractivity contribution in [3.63, 3.8) is 0 Å². The van der Waals surface area contributed by atoms with E-state index >= 15 is 0 Å². The third kappa shape index (κ3) is 4.90. The summed E-state index contributed by atoms with van der Waals surface area (Å²) in [5, 5.41) is 9.34. The Bertz CT molecular complexity index is 282. The Labute approximate surface area is 102 Å². The summed E-state index contributed by atoms with van der Waals surface area (Å²) in [4.78, 5) is 0. The summed E-state index contributed by atoms with van der Waals surface area (Å²) < 4.78 is 5.59. The van der Waals surface area contributed by atoms with Crippen molar-refractivity contribution in [3.8, 4) is 5.75 Å². The van der Waals surface area contributed by atoms with Gasteiger partial charge in [0.25, 0.3) is 0 Å². The van der Waals surface area contributed by atoms with E-state index in [1.807, 2.05) is 36.0 Å². The second-order valence-electron chi connectivity index (χ2n) is 3.64. The molecular weight excluding hydrogens is 220 g/mol. The quantitative estimate of drug-likeness (QED) is 0.742. The van der Waals surface area contributed by atoms with Crippen LogP contribution in [0.15, 0.2) is 24.3 Å². The summed E-state index contributed by atoms with van der Waals surface area (Å²) >= 11 is 1.94. The fraction of sp³-hybridized carbons (Fsp3) is 0.538. The Morgan fingerprint density at radius 3 is 2.56 bits per heavy atom. The predicted molar refractivity (Wildman–Crippen MR) is 70.2 cm³/mol. The molecule has 0 aliphatic carbocycles. The van der Waals surface area contributed by atoms with Crippen LogP contribution in [0.25, 0.3) is 0 Å². The van der Waals surface area contributed by atoms with E-state index in [2.05, 4.69) is 6.92 Å². The number of rotatable bonds is 7.